The van der Waals surface area contributed by atoms with E-state index < -0.39 is 0 Å². The van der Waals surface area contributed by atoms with E-state index in [9.17, 15) is 4.79 Å². The molecular weight excluding hydrogens is 166 g/mol. The van der Waals surface area contributed by atoms with E-state index in [2.05, 4.69) is 4.98 Å². The Kier molecular flexibility index (Phi) is 1.26. The van der Waals surface area contributed by atoms with Crippen LogP contribution in [0.25, 0.3) is 0 Å². The number of rotatable bonds is 1. The van der Waals surface area contributed by atoms with Crippen molar-refractivity contribution in [2.75, 3.05) is 6.61 Å². The molecule has 0 radical (unpaired) electrons. The van der Waals surface area contributed by atoms with Gasteiger partial charge >= 0.3 is 0 Å². The van der Waals surface area contributed by atoms with Gasteiger partial charge in [-0.05, 0) is 24.3 Å². The summed E-state index contributed by atoms with van der Waals surface area (Å²) < 4.78 is 5.22. The van der Waals surface area contributed by atoms with Gasteiger partial charge in [0.15, 0.2) is 6.61 Å². The third kappa shape index (κ3) is 0.963. The Morgan fingerprint density at radius 2 is 2.23 bits per heavy atom. The molecule has 1 aromatic heterocycles. The summed E-state index contributed by atoms with van der Waals surface area (Å²) in [6, 6.07) is 0. The van der Waals surface area contributed by atoms with Gasteiger partial charge in [0.25, 0.3) is 0 Å². The topological polar surface area (TPSA) is 39.2 Å². The highest BCUT2D eigenvalue weighted by Gasteiger charge is 2.33. The van der Waals surface area contributed by atoms with E-state index >= 15 is 0 Å². The molecule has 0 aromatic carbocycles. The standard InChI is InChI=1S/C10H9NO2/c12-8-5-13-9-4-11-3-7(10(8)9)6-1-2-6/h3-4,6H,1-2,5H2. The zero-order valence-electron chi connectivity index (χ0n) is 7.12. The van der Waals surface area contributed by atoms with Crippen molar-refractivity contribution in [1.82, 2.24) is 4.98 Å². The average Bonchev–Trinajstić information content (AvgIpc) is 2.92. The van der Waals surface area contributed by atoms with E-state index in [1.165, 1.54) is 12.8 Å². The molecule has 3 rings (SSSR count). The van der Waals surface area contributed by atoms with Crippen LogP contribution in [0.5, 0.6) is 5.75 Å². The maximum Gasteiger partial charge on any atom is 0.204 e. The first-order valence-corrected chi connectivity index (χ1v) is 4.50. The highest BCUT2D eigenvalue weighted by atomic mass is 16.5. The van der Waals surface area contributed by atoms with Gasteiger partial charge in [-0.2, -0.15) is 0 Å². The Bertz CT molecular complexity index is 383. The molecule has 66 valence electrons. The molecule has 3 nitrogen and oxygen atoms in total. The number of ether oxygens (including phenoxy) is 1. The molecule has 0 spiro atoms. The summed E-state index contributed by atoms with van der Waals surface area (Å²) in [7, 11) is 0. The number of fused-ring (bicyclic) bond motifs is 1. The van der Waals surface area contributed by atoms with Gasteiger partial charge in [0.2, 0.25) is 5.78 Å². The molecule has 0 atom stereocenters. The predicted octanol–water partition coefficient (Wildman–Crippen LogP) is 1.53. The van der Waals surface area contributed by atoms with Crippen LogP contribution in [-0.2, 0) is 0 Å². The van der Waals surface area contributed by atoms with Gasteiger partial charge < -0.3 is 4.74 Å². The van der Waals surface area contributed by atoms with Crippen LogP contribution >= 0.6 is 0 Å². The van der Waals surface area contributed by atoms with Crippen molar-refractivity contribution in [2.45, 2.75) is 18.8 Å². The second-order valence-corrected chi connectivity index (χ2v) is 3.59. The number of carbonyl (C=O) groups excluding carboxylic acids is 1. The average molecular weight is 175 g/mol. The molecule has 1 saturated carbocycles. The first-order valence-electron chi connectivity index (χ1n) is 4.50. The molecule has 2 heterocycles. The molecular formula is C10H9NO2. The van der Waals surface area contributed by atoms with Gasteiger partial charge in [-0.3, -0.25) is 9.78 Å². The third-order valence-corrected chi connectivity index (χ3v) is 2.60. The lowest BCUT2D eigenvalue weighted by Gasteiger charge is -2.01. The molecule has 1 fully saturated rings. The fraction of sp³-hybridized carbons (Fsp3) is 0.400. The molecule has 1 aliphatic carbocycles. The smallest absolute Gasteiger partial charge is 0.204 e. The highest BCUT2D eigenvalue weighted by Crippen LogP contribution is 2.44. The van der Waals surface area contributed by atoms with Crippen LogP contribution in [0.2, 0.25) is 0 Å². The quantitative estimate of drug-likeness (QED) is 0.649. The van der Waals surface area contributed by atoms with E-state index in [4.69, 9.17) is 4.74 Å². The number of Topliss-reactive ketones (excluding diaryl/α,β-unsaturated/α-hetero) is 1. The maximum absolute atomic E-state index is 11.5. The molecule has 13 heavy (non-hydrogen) atoms. The number of carbonyl (C=O) groups is 1. The van der Waals surface area contributed by atoms with Crippen LogP contribution in [-0.4, -0.2) is 17.4 Å². The van der Waals surface area contributed by atoms with Gasteiger partial charge in [-0.15, -0.1) is 0 Å². The molecule has 1 aliphatic heterocycles. The minimum atomic E-state index is 0.110. The largest absolute Gasteiger partial charge is 0.483 e. The van der Waals surface area contributed by atoms with Gasteiger partial charge in [0.1, 0.15) is 5.75 Å². The second kappa shape index (κ2) is 2.31. The molecule has 0 bridgehead atoms. The summed E-state index contributed by atoms with van der Waals surface area (Å²) in [4.78, 5) is 15.5. The fourth-order valence-electron chi connectivity index (χ4n) is 1.78. The predicted molar refractivity (Wildman–Crippen MR) is 46.0 cm³/mol. The van der Waals surface area contributed by atoms with Crippen molar-refractivity contribution in [2.24, 2.45) is 0 Å². The number of hydrogen-bond donors (Lipinski definition) is 0. The molecule has 0 amide bonds. The number of aromatic nitrogens is 1. The summed E-state index contributed by atoms with van der Waals surface area (Å²) >= 11 is 0. The van der Waals surface area contributed by atoms with Crippen molar-refractivity contribution >= 4 is 5.78 Å². The van der Waals surface area contributed by atoms with Crippen LogP contribution < -0.4 is 4.74 Å². The summed E-state index contributed by atoms with van der Waals surface area (Å²) in [5, 5.41) is 0. The first kappa shape index (κ1) is 7.06. The van der Waals surface area contributed by atoms with E-state index in [0.717, 1.165) is 11.1 Å². The van der Waals surface area contributed by atoms with Gasteiger partial charge in [0.05, 0.1) is 11.8 Å². The Hall–Kier alpha value is -1.38. The first-order chi connectivity index (χ1) is 6.36. The fourth-order valence-corrected chi connectivity index (χ4v) is 1.78. The van der Waals surface area contributed by atoms with Crippen LogP contribution in [0.4, 0.5) is 0 Å². The number of nitrogens with zero attached hydrogens (tertiary/aromatic N) is 1. The van der Waals surface area contributed by atoms with Crippen LogP contribution in [0, 0.1) is 0 Å². The molecule has 0 N–H and O–H groups in total. The van der Waals surface area contributed by atoms with Crippen molar-refractivity contribution in [3.05, 3.63) is 23.5 Å². The summed E-state index contributed by atoms with van der Waals surface area (Å²) in [5.74, 6) is 1.35. The van der Waals surface area contributed by atoms with Gasteiger partial charge in [-0.25, -0.2) is 0 Å². The van der Waals surface area contributed by atoms with Crippen LogP contribution in [0.3, 0.4) is 0 Å². The maximum atomic E-state index is 11.5. The number of ketones is 1. The minimum absolute atomic E-state index is 0.110. The SMILES string of the molecule is O=C1COc2cncc(C3CC3)c21. The lowest BCUT2D eigenvalue weighted by atomic mass is 10.0. The Balaban J connectivity index is 2.19. The zero-order valence-corrected chi connectivity index (χ0v) is 7.12. The minimum Gasteiger partial charge on any atom is -0.483 e. The van der Waals surface area contributed by atoms with Crippen molar-refractivity contribution in [1.29, 1.82) is 0 Å². The molecule has 0 saturated heterocycles. The number of pyridine rings is 1. The molecule has 1 aromatic rings. The monoisotopic (exact) mass is 175 g/mol. The zero-order chi connectivity index (χ0) is 8.84. The molecule has 0 unspecified atom stereocenters. The van der Waals surface area contributed by atoms with E-state index in [1.54, 1.807) is 6.20 Å². The normalized spacial score (nSPS) is 19.8. The highest BCUT2D eigenvalue weighted by molar-refractivity contribution is 6.03. The Labute approximate surface area is 75.7 Å². The van der Waals surface area contributed by atoms with Gasteiger partial charge in [0, 0.05) is 6.20 Å². The summed E-state index contributed by atoms with van der Waals surface area (Å²) in [6.07, 6.45) is 5.81. The Morgan fingerprint density at radius 3 is 3.00 bits per heavy atom. The third-order valence-electron chi connectivity index (χ3n) is 2.60. The van der Waals surface area contributed by atoms with Crippen LogP contribution in [0.1, 0.15) is 34.7 Å². The van der Waals surface area contributed by atoms with Crippen molar-refractivity contribution in [3.8, 4) is 5.75 Å². The van der Waals surface area contributed by atoms with E-state index in [-0.39, 0.29) is 12.4 Å². The van der Waals surface area contributed by atoms with Crippen LogP contribution in [0.15, 0.2) is 12.4 Å². The number of hydrogen-bond acceptors (Lipinski definition) is 3. The second-order valence-electron chi connectivity index (χ2n) is 3.59. The molecule has 2 aliphatic rings. The van der Waals surface area contributed by atoms with Crippen molar-refractivity contribution in [3.63, 3.8) is 0 Å². The van der Waals surface area contributed by atoms with E-state index in [1.807, 2.05) is 6.20 Å². The summed E-state index contributed by atoms with van der Waals surface area (Å²) in [5.41, 5.74) is 1.89. The lowest BCUT2D eigenvalue weighted by Crippen LogP contribution is -2.01. The Morgan fingerprint density at radius 1 is 1.38 bits per heavy atom. The lowest BCUT2D eigenvalue weighted by molar-refractivity contribution is 0.0960. The van der Waals surface area contributed by atoms with Crippen molar-refractivity contribution < 1.29 is 9.53 Å². The van der Waals surface area contributed by atoms with Gasteiger partial charge in [-0.1, -0.05) is 0 Å². The molecule has 3 heteroatoms. The van der Waals surface area contributed by atoms with E-state index in [0.29, 0.717) is 11.7 Å². The summed E-state index contributed by atoms with van der Waals surface area (Å²) in [6.45, 7) is 0.195.